The molecule has 0 atom stereocenters. The van der Waals surface area contributed by atoms with Crippen molar-refractivity contribution in [2.75, 3.05) is 0 Å². The highest BCUT2D eigenvalue weighted by Crippen LogP contribution is 2.30. The Bertz CT molecular complexity index is 1500. The minimum atomic E-state index is -4.56. The summed E-state index contributed by atoms with van der Waals surface area (Å²) in [5.41, 5.74) is 1.40. The van der Waals surface area contributed by atoms with Crippen LogP contribution < -0.4 is 11.0 Å². The summed E-state index contributed by atoms with van der Waals surface area (Å²) in [4.78, 5) is 25.5. The Morgan fingerprint density at radius 1 is 1.06 bits per heavy atom. The number of H-pyrrole nitrogens is 1. The van der Waals surface area contributed by atoms with Gasteiger partial charge in [0, 0.05) is 5.69 Å². The predicted molar refractivity (Wildman–Crippen MR) is 121 cm³/mol. The standard InChI is InChI=1S/C24H19F3N4O3/c1-13(28-29-22(33)19-10-15-6-3-4-7-16(15)11-20(19)32)21-14(2)30-31(23(21)34)18-9-5-8-17(12-18)24(25,26)27/h3-12,30,32H,1-2H3,(H,29,33)/b28-13-. The highest BCUT2D eigenvalue weighted by Gasteiger charge is 2.31. The monoisotopic (exact) mass is 468 g/mol. The number of fused-ring (bicyclic) bond motifs is 1. The molecule has 0 saturated heterocycles. The van der Waals surface area contributed by atoms with Gasteiger partial charge in [-0.25, -0.2) is 10.1 Å². The summed E-state index contributed by atoms with van der Waals surface area (Å²) in [6.07, 6.45) is -4.56. The van der Waals surface area contributed by atoms with Crippen molar-refractivity contribution < 1.29 is 23.1 Å². The van der Waals surface area contributed by atoms with Gasteiger partial charge < -0.3 is 5.11 Å². The number of aromatic nitrogens is 2. The van der Waals surface area contributed by atoms with Crippen molar-refractivity contribution in [2.45, 2.75) is 20.0 Å². The molecule has 1 aromatic heterocycles. The molecule has 1 amide bonds. The van der Waals surface area contributed by atoms with Gasteiger partial charge in [0.1, 0.15) is 5.75 Å². The number of hydrogen-bond donors (Lipinski definition) is 3. The van der Waals surface area contributed by atoms with Crippen LogP contribution in [0.3, 0.4) is 0 Å². The summed E-state index contributed by atoms with van der Waals surface area (Å²) >= 11 is 0. The van der Waals surface area contributed by atoms with E-state index in [1.807, 2.05) is 0 Å². The van der Waals surface area contributed by atoms with E-state index < -0.39 is 23.2 Å². The molecule has 0 spiro atoms. The molecule has 0 radical (unpaired) electrons. The highest BCUT2D eigenvalue weighted by molar-refractivity contribution is 6.04. The number of benzene rings is 3. The molecular weight excluding hydrogens is 449 g/mol. The van der Waals surface area contributed by atoms with Crippen molar-refractivity contribution in [1.82, 2.24) is 15.2 Å². The van der Waals surface area contributed by atoms with Crippen molar-refractivity contribution in [2.24, 2.45) is 5.10 Å². The van der Waals surface area contributed by atoms with E-state index in [0.717, 1.165) is 27.6 Å². The maximum atomic E-state index is 13.1. The first-order chi connectivity index (χ1) is 16.1. The number of carbonyl (C=O) groups excluding carboxylic acids is 1. The van der Waals surface area contributed by atoms with E-state index in [4.69, 9.17) is 0 Å². The molecule has 34 heavy (non-hydrogen) atoms. The number of amides is 1. The fourth-order valence-electron chi connectivity index (χ4n) is 3.64. The second-order valence-electron chi connectivity index (χ2n) is 7.66. The van der Waals surface area contributed by atoms with E-state index in [-0.39, 0.29) is 28.3 Å². The van der Waals surface area contributed by atoms with Crippen LogP contribution in [-0.4, -0.2) is 26.5 Å². The van der Waals surface area contributed by atoms with Gasteiger partial charge in [0.2, 0.25) is 0 Å². The van der Waals surface area contributed by atoms with Crippen molar-refractivity contribution in [3.8, 4) is 11.4 Å². The summed E-state index contributed by atoms with van der Waals surface area (Å²) < 4.78 is 40.1. The van der Waals surface area contributed by atoms with Crippen LogP contribution >= 0.6 is 0 Å². The molecule has 3 aromatic carbocycles. The Hall–Kier alpha value is -4.34. The number of rotatable bonds is 4. The maximum absolute atomic E-state index is 13.1. The van der Waals surface area contributed by atoms with Crippen LogP contribution in [0.25, 0.3) is 16.5 Å². The number of hydrogen-bond acceptors (Lipinski definition) is 4. The van der Waals surface area contributed by atoms with Crippen LogP contribution in [0.2, 0.25) is 0 Å². The second-order valence-corrected chi connectivity index (χ2v) is 7.66. The normalized spacial score (nSPS) is 12.2. The second kappa shape index (κ2) is 8.54. The molecule has 0 bridgehead atoms. The summed E-state index contributed by atoms with van der Waals surface area (Å²) in [7, 11) is 0. The number of aromatic amines is 1. The smallest absolute Gasteiger partial charge is 0.416 e. The lowest BCUT2D eigenvalue weighted by atomic mass is 10.1. The molecule has 10 heteroatoms. The van der Waals surface area contributed by atoms with E-state index in [1.54, 1.807) is 31.2 Å². The molecule has 0 aliphatic carbocycles. The van der Waals surface area contributed by atoms with Gasteiger partial charge in [-0.15, -0.1) is 0 Å². The quantitative estimate of drug-likeness (QED) is 0.304. The largest absolute Gasteiger partial charge is 0.507 e. The van der Waals surface area contributed by atoms with E-state index in [0.29, 0.717) is 5.69 Å². The van der Waals surface area contributed by atoms with Gasteiger partial charge in [0.25, 0.3) is 11.5 Å². The fraction of sp³-hybridized carbons (Fsp3) is 0.125. The van der Waals surface area contributed by atoms with Crippen LogP contribution in [-0.2, 0) is 6.18 Å². The summed E-state index contributed by atoms with van der Waals surface area (Å²) in [6, 6.07) is 14.5. The van der Waals surface area contributed by atoms with Crippen molar-refractivity contribution in [1.29, 1.82) is 0 Å². The Kier molecular flexibility index (Phi) is 5.74. The van der Waals surface area contributed by atoms with E-state index in [1.165, 1.54) is 31.2 Å². The van der Waals surface area contributed by atoms with Gasteiger partial charge >= 0.3 is 6.18 Å². The summed E-state index contributed by atoms with van der Waals surface area (Å²) in [5, 5.41) is 18.4. The molecular formula is C24H19F3N4O3. The molecule has 3 N–H and O–H groups in total. The number of nitrogens with zero attached hydrogens (tertiary/aromatic N) is 2. The average Bonchev–Trinajstić information content (AvgIpc) is 3.10. The third kappa shape index (κ3) is 4.29. The zero-order valence-corrected chi connectivity index (χ0v) is 18.1. The van der Waals surface area contributed by atoms with Crippen LogP contribution in [0, 0.1) is 6.92 Å². The van der Waals surface area contributed by atoms with Gasteiger partial charge in [-0.2, -0.15) is 18.3 Å². The summed E-state index contributed by atoms with van der Waals surface area (Å²) in [5.74, 6) is -0.914. The molecule has 4 aromatic rings. The van der Waals surface area contributed by atoms with E-state index in [2.05, 4.69) is 15.6 Å². The molecule has 0 aliphatic rings. The molecule has 0 aliphatic heterocycles. The summed E-state index contributed by atoms with van der Waals surface area (Å²) in [6.45, 7) is 3.05. The van der Waals surface area contributed by atoms with Gasteiger partial charge in [0.15, 0.2) is 0 Å². The van der Waals surface area contributed by atoms with E-state index in [9.17, 15) is 27.9 Å². The van der Waals surface area contributed by atoms with Crippen molar-refractivity contribution in [3.05, 3.63) is 93.4 Å². The molecule has 0 saturated carbocycles. The van der Waals surface area contributed by atoms with Crippen LogP contribution in [0.15, 0.2) is 70.6 Å². The Morgan fingerprint density at radius 3 is 2.41 bits per heavy atom. The Morgan fingerprint density at radius 2 is 1.74 bits per heavy atom. The number of phenols is 1. The molecule has 4 rings (SSSR count). The number of aromatic hydroxyl groups is 1. The maximum Gasteiger partial charge on any atom is 0.416 e. The zero-order valence-electron chi connectivity index (χ0n) is 18.1. The highest BCUT2D eigenvalue weighted by atomic mass is 19.4. The van der Waals surface area contributed by atoms with Gasteiger partial charge in [-0.1, -0.05) is 30.3 Å². The van der Waals surface area contributed by atoms with Crippen molar-refractivity contribution in [3.63, 3.8) is 0 Å². The SMILES string of the molecule is C/C(=N/NC(=O)c1cc2ccccc2cc1O)c1c(C)[nH]n(-c2cccc(C(F)(F)F)c2)c1=O. The topological polar surface area (TPSA) is 99.5 Å². The van der Waals surface area contributed by atoms with Gasteiger partial charge in [0.05, 0.1) is 28.1 Å². The van der Waals surface area contributed by atoms with Crippen molar-refractivity contribution >= 4 is 22.4 Å². The Labute approximate surface area is 191 Å². The Balaban J connectivity index is 1.63. The third-order valence-electron chi connectivity index (χ3n) is 5.30. The molecule has 1 heterocycles. The third-order valence-corrected chi connectivity index (χ3v) is 5.30. The first-order valence-corrected chi connectivity index (χ1v) is 10.1. The first-order valence-electron chi connectivity index (χ1n) is 10.1. The first kappa shape index (κ1) is 22.8. The van der Waals surface area contributed by atoms with Crippen LogP contribution in [0.1, 0.15) is 34.1 Å². The fourth-order valence-corrected chi connectivity index (χ4v) is 3.64. The predicted octanol–water partition coefficient (Wildman–Crippen LogP) is 4.51. The zero-order chi connectivity index (χ0) is 24.6. The van der Waals surface area contributed by atoms with E-state index >= 15 is 0 Å². The number of aryl methyl sites for hydroxylation is 1. The van der Waals surface area contributed by atoms with Gasteiger partial charge in [-0.05, 0) is 55.0 Å². The average molecular weight is 468 g/mol. The lowest BCUT2D eigenvalue weighted by Crippen LogP contribution is -2.23. The number of hydrazone groups is 1. The lowest BCUT2D eigenvalue weighted by Gasteiger charge is -2.08. The number of carbonyl (C=O) groups is 1. The van der Waals surface area contributed by atoms with Crippen LogP contribution in [0.4, 0.5) is 13.2 Å². The molecule has 174 valence electrons. The lowest BCUT2D eigenvalue weighted by molar-refractivity contribution is -0.137. The minimum Gasteiger partial charge on any atom is -0.507 e. The molecule has 0 unspecified atom stereocenters. The minimum absolute atomic E-state index is 0.00224. The molecule has 0 fully saturated rings. The number of phenolic OH excluding ortho intramolecular Hbond substituents is 1. The molecule has 7 nitrogen and oxygen atoms in total. The number of halogens is 3. The van der Waals surface area contributed by atoms with Crippen LogP contribution in [0.5, 0.6) is 5.75 Å². The number of nitrogens with one attached hydrogen (secondary N) is 2. The van der Waals surface area contributed by atoms with Gasteiger partial charge in [-0.3, -0.25) is 14.7 Å². The number of alkyl halides is 3.